The first-order chi connectivity index (χ1) is 9.22. The molecule has 2 saturated carbocycles. The van der Waals surface area contributed by atoms with Gasteiger partial charge in [0.1, 0.15) is 0 Å². The van der Waals surface area contributed by atoms with Crippen LogP contribution in [-0.2, 0) is 4.79 Å². The van der Waals surface area contributed by atoms with E-state index in [0.29, 0.717) is 12.6 Å². The van der Waals surface area contributed by atoms with Crippen molar-refractivity contribution in [3.8, 4) is 0 Å². The van der Waals surface area contributed by atoms with Crippen LogP contribution in [-0.4, -0.2) is 41.1 Å². The van der Waals surface area contributed by atoms with E-state index in [1.54, 1.807) is 0 Å². The Hall–Kier alpha value is -0.610. The Morgan fingerprint density at radius 3 is 2.47 bits per heavy atom. The first-order valence-corrected chi connectivity index (χ1v) is 7.89. The molecule has 2 atom stereocenters. The van der Waals surface area contributed by atoms with Gasteiger partial charge in [0.15, 0.2) is 0 Å². The lowest BCUT2D eigenvalue weighted by Gasteiger charge is -2.38. The van der Waals surface area contributed by atoms with Crippen molar-refractivity contribution < 1.29 is 9.90 Å². The van der Waals surface area contributed by atoms with Gasteiger partial charge in [-0.1, -0.05) is 25.7 Å². The Bertz CT molecular complexity index is 290. The summed E-state index contributed by atoms with van der Waals surface area (Å²) in [6, 6.07) is 0.539. The van der Waals surface area contributed by atoms with Gasteiger partial charge in [-0.05, 0) is 32.1 Å². The average Bonchev–Trinajstić information content (AvgIpc) is 2.45. The van der Waals surface area contributed by atoms with Gasteiger partial charge in [0.2, 0.25) is 5.91 Å². The number of amides is 1. The molecule has 0 spiro atoms. The molecule has 2 rings (SSSR count). The van der Waals surface area contributed by atoms with Crippen LogP contribution in [0, 0.1) is 5.92 Å². The van der Waals surface area contributed by atoms with Crippen LogP contribution in [0.3, 0.4) is 0 Å². The lowest BCUT2D eigenvalue weighted by Crippen LogP contribution is -2.47. The predicted molar refractivity (Wildman–Crippen MR) is 75.6 cm³/mol. The number of aliphatic hydroxyl groups is 1. The standard InChI is InChI=1S/C15H28N2O2/c16-13-6-4-5-12(11-13)15(19)17(9-10-18)14-7-2-1-3-8-14/h12-14,18H,1-11,16H2. The maximum absolute atomic E-state index is 12.7. The van der Waals surface area contributed by atoms with Crippen LogP contribution in [0.5, 0.6) is 0 Å². The minimum Gasteiger partial charge on any atom is -0.395 e. The van der Waals surface area contributed by atoms with E-state index in [4.69, 9.17) is 5.73 Å². The van der Waals surface area contributed by atoms with E-state index in [9.17, 15) is 9.90 Å². The van der Waals surface area contributed by atoms with Gasteiger partial charge in [0, 0.05) is 24.5 Å². The van der Waals surface area contributed by atoms with Gasteiger partial charge >= 0.3 is 0 Å². The van der Waals surface area contributed by atoms with Gasteiger partial charge in [-0.15, -0.1) is 0 Å². The normalized spacial score (nSPS) is 29.2. The molecule has 4 nitrogen and oxygen atoms in total. The van der Waals surface area contributed by atoms with Crippen LogP contribution in [0.4, 0.5) is 0 Å². The molecule has 110 valence electrons. The molecule has 2 aliphatic carbocycles. The topological polar surface area (TPSA) is 66.6 Å². The number of nitrogens with two attached hydrogens (primary N) is 1. The molecule has 0 bridgehead atoms. The summed E-state index contributed by atoms with van der Waals surface area (Å²) in [5, 5.41) is 9.25. The minimum atomic E-state index is 0.0704. The Morgan fingerprint density at radius 2 is 1.84 bits per heavy atom. The Labute approximate surface area is 116 Å². The minimum absolute atomic E-state index is 0.0704. The number of carbonyl (C=O) groups excluding carboxylic acids is 1. The maximum atomic E-state index is 12.7. The number of hydrogen-bond donors (Lipinski definition) is 2. The van der Waals surface area contributed by atoms with Crippen molar-refractivity contribution in [1.82, 2.24) is 4.90 Å². The molecule has 3 N–H and O–H groups in total. The van der Waals surface area contributed by atoms with Crippen molar-refractivity contribution >= 4 is 5.91 Å². The fraction of sp³-hybridized carbons (Fsp3) is 0.933. The van der Waals surface area contributed by atoms with Crippen molar-refractivity contribution in [2.45, 2.75) is 69.9 Å². The van der Waals surface area contributed by atoms with Gasteiger partial charge < -0.3 is 15.7 Å². The third kappa shape index (κ3) is 3.93. The molecular weight excluding hydrogens is 240 g/mol. The summed E-state index contributed by atoms with van der Waals surface area (Å²) in [5.74, 6) is 0.341. The van der Waals surface area contributed by atoms with Crippen molar-refractivity contribution in [3.63, 3.8) is 0 Å². The summed E-state index contributed by atoms with van der Waals surface area (Å²) in [6.07, 6.45) is 9.83. The van der Waals surface area contributed by atoms with E-state index in [0.717, 1.165) is 38.5 Å². The maximum Gasteiger partial charge on any atom is 0.226 e. The zero-order chi connectivity index (χ0) is 13.7. The van der Waals surface area contributed by atoms with Crippen molar-refractivity contribution in [3.05, 3.63) is 0 Å². The van der Waals surface area contributed by atoms with Crippen molar-refractivity contribution in [2.24, 2.45) is 11.7 Å². The second kappa shape index (κ2) is 7.25. The lowest BCUT2D eigenvalue weighted by molar-refractivity contribution is -0.140. The monoisotopic (exact) mass is 268 g/mol. The molecule has 0 aliphatic heterocycles. The third-order valence-electron chi connectivity index (χ3n) is 4.70. The summed E-state index contributed by atoms with van der Waals surface area (Å²) in [4.78, 5) is 14.7. The third-order valence-corrected chi connectivity index (χ3v) is 4.70. The van der Waals surface area contributed by atoms with Gasteiger partial charge in [-0.3, -0.25) is 4.79 Å². The largest absolute Gasteiger partial charge is 0.395 e. The van der Waals surface area contributed by atoms with E-state index in [1.807, 2.05) is 4.90 Å². The summed E-state index contributed by atoms with van der Waals surface area (Å²) in [6.45, 7) is 0.566. The molecule has 0 aromatic carbocycles. The van der Waals surface area contributed by atoms with E-state index < -0.39 is 0 Å². The van der Waals surface area contributed by atoms with Crippen LogP contribution >= 0.6 is 0 Å². The summed E-state index contributed by atoms with van der Waals surface area (Å²) < 4.78 is 0. The fourth-order valence-corrected chi connectivity index (χ4v) is 3.66. The molecular formula is C15H28N2O2. The SMILES string of the molecule is NC1CCCC(C(=O)N(CCO)C2CCCCC2)C1. The summed E-state index contributed by atoms with van der Waals surface area (Å²) in [7, 11) is 0. The Kier molecular flexibility index (Phi) is 5.64. The van der Waals surface area contributed by atoms with Crippen LogP contribution in [0.2, 0.25) is 0 Å². The predicted octanol–water partition coefficient (Wildman–Crippen LogP) is 1.66. The molecule has 0 saturated heterocycles. The highest BCUT2D eigenvalue weighted by Gasteiger charge is 2.32. The molecule has 2 fully saturated rings. The van der Waals surface area contributed by atoms with Crippen LogP contribution in [0.1, 0.15) is 57.8 Å². The molecule has 2 aliphatic rings. The Balaban J connectivity index is 1.98. The van der Waals surface area contributed by atoms with Crippen LogP contribution < -0.4 is 5.73 Å². The quantitative estimate of drug-likeness (QED) is 0.815. The van der Waals surface area contributed by atoms with Crippen molar-refractivity contribution in [2.75, 3.05) is 13.2 Å². The van der Waals surface area contributed by atoms with E-state index in [-0.39, 0.29) is 24.5 Å². The van der Waals surface area contributed by atoms with Crippen molar-refractivity contribution in [1.29, 1.82) is 0 Å². The molecule has 4 heteroatoms. The first kappa shape index (κ1) is 14.8. The van der Waals surface area contributed by atoms with E-state index in [2.05, 4.69) is 0 Å². The van der Waals surface area contributed by atoms with Gasteiger partial charge in [0.25, 0.3) is 0 Å². The number of nitrogens with zero attached hydrogens (tertiary/aromatic N) is 1. The van der Waals surface area contributed by atoms with E-state index >= 15 is 0 Å². The highest BCUT2D eigenvalue weighted by Crippen LogP contribution is 2.29. The number of rotatable bonds is 4. The first-order valence-electron chi connectivity index (χ1n) is 7.89. The molecule has 19 heavy (non-hydrogen) atoms. The number of hydrogen-bond acceptors (Lipinski definition) is 3. The Morgan fingerprint density at radius 1 is 1.11 bits per heavy atom. The van der Waals surface area contributed by atoms with Gasteiger partial charge in [-0.25, -0.2) is 0 Å². The number of aliphatic hydroxyl groups excluding tert-OH is 1. The highest BCUT2D eigenvalue weighted by atomic mass is 16.3. The number of carbonyl (C=O) groups is 1. The molecule has 2 unspecified atom stereocenters. The summed E-state index contributed by atoms with van der Waals surface area (Å²) in [5.41, 5.74) is 6.00. The second-order valence-corrected chi connectivity index (χ2v) is 6.17. The average molecular weight is 268 g/mol. The second-order valence-electron chi connectivity index (χ2n) is 6.17. The van der Waals surface area contributed by atoms with Crippen LogP contribution in [0.15, 0.2) is 0 Å². The molecule has 1 amide bonds. The smallest absolute Gasteiger partial charge is 0.226 e. The fourth-order valence-electron chi connectivity index (χ4n) is 3.66. The van der Waals surface area contributed by atoms with Crippen LogP contribution in [0.25, 0.3) is 0 Å². The lowest BCUT2D eigenvalue weighted by atomic mass is 9.84. The molecule has 0 radical (unpaired) electrons. The molecule has 0 aromatic rings. The zero-order valence-electron chi connectivity index (χ0n) is 11.9. The zero-order valence-corrected chi connectivity index (χ0v) is 11.9. The molecule has 0 heterocycles. The van der Waals surface area contributed by atoms with E-state index in [1.165, 1.54) is 19.3 Å². The highest BCUT2D eigenvalue weighted by molar-refractivity contribution is 5.79. The van der Waals surface area contributed by atoms with Gasteiger partial charge in [0.05, 0.1) is 6.61 Å². The summed E-state index contributed by atoms with van der Waals surface area (Å²) >= 11 is 0. The van der Waals surface area contributed by atoms with Gasteiger partial charge in [-0.2, -0.15) is 0 Å². The molecule has 0 aromatic heterocycles.